The zero-order valence-corrected chi connectivity index (χ0v) is 18.6. The van der Waals surface area contributed by atoms with E-state index in [0.29, 0.717) is 13.2 Å². The molecule has 0 spiro atoms. The van der Waals surface area contributed by atoms with Gasteiger partial charge in [-0.1, -0.05) is 18.2 Å². The molecule has 1 aliphatic rings. The first-order valence-electron chi connectivity index (χ1n) is 11.6. The Morgan fingerprint density at radius 1 is 0.758 bits per heavy atom. The fourth-order valence-electron chi connectivity index (χ4n) is 3.90. The third-order valence-corrected chi connectivity index (χ3v) is 5.69. The van der Waals surface area contributed by atoms with Gasteiger partial charge in [-0.05, 0) is 79.9 Å². The molecular weight excluding hydrogens is 412 g/mol. The van der Waals surface area contributed by atoms with Crippen LogP contribution in [0.4, 0.5) is 0 Å². The fourth-order valence-corrected chi connectivity index (χ4v) is 3.90. The molecule has 1 aliphatic heterocycles. The molecule has 0 atom stereocenters. The van der Waals surface area contributed by atoms with E-state index in [1.807, 2.05) is 54.6 Å². The molecule has 5 rings (SSSR count). The van der Waals surface area contributed by atoms with Crippen LogP contribution < -0.4 is 14.8 Å². The zero-order chi connectivity index (χ0) is 22.3. The second-order valence-electron chi connectivity index (χ2n) is 8.11. The average molecular weight is 441 g/mol. The topological polar surface area (TPSA) is 56.0 Å². The summed E-state index contributed by atoms with van der Waals surface area (Å²) in [5, 5.41) is 4.40. The van der Waals surface area contributed by atoms with Gasteiger partial charge in [-0.25, -0.2) is 0 Å². The van der Waals surface area contributed by atoms with Gasteiger partial charge in [0.05, 0.1) is 19.8 Å². The first kappa shape index (κ1) is 21.1. The van der Waals surface area contributed by atoms with Gasteiger partial charge in [-0.2, -0.15) is 0 Å². The van der Waals surface area contributed by atoms with E-state index in [0.717, 1.165) is 77.5 Å². The highest BCUT2D eigenvalue weighted by atomic mass is 16.5. The third kappa shape index (κ3) is 5.37. The molecule has 0 fully saturated rings. The lowest BCUT2D eigenvalue weighted by atomic mass is 10.1. The largest absolute Gasteiger partial charge is 0.494 e. The maximum atomic E-state index is 5.93. The van der Waals surface area contributed by atoms with E-state index in [4.69, 9.17) is 13.9 Å². The Labute approximate surface area is 194 Å². The molecule has 0 bridgehead atoms. The Hall–Kier alpha value is -3.73. The Morgan fingerprint density at radius 3 is 2.06 bits per heavy atom. The maximum absolute atomic E-state index is 5.93. The van der Waals surface area contributed by atoms with E-state index in [2.05, 4.69) is 34.6 Å². The molecule has 0 saturated heterocycles. The van der Waals surface area contributed by atoms with Crippen LogP contribution in [-0.4, -0.2) is 32.1 Å². The molecule has 1 aromatic heterocycles. The molecule has 5 heteroatoms. The predicted octanol–water partition coefficient (Wildman–Crippen LogP) is 6.08. The molecule has 4 aromatic rings. The van der Waals surface area contributed by atoms with Crippen LogP contribution in [0.1, 0.15) is 24.8 Å². The van der Waals surface area contributed by atoms with E-state index < -0.39 is 0 Å². The first-order chi connectivity index (χ1) is 16.3. The Morgan fingerprint density at radius 2 is 1.42 bits per heavy atom. The number of benzene rings is 3. The molecule has 5 nitrogen and oxygen atoms in total. The first-order valence-corrected chi connectivity index (χ1v) is 11.6. The summed E-state index contributed by atoms with van der Waals surface area (Å²) in [7, 11) is 0. The molecule has 168 valence electrons. The molecule has 0 aliphatic carbocycles. The van der Waals surface area contributed by atoms with Crippen molar-refractivity contribution in [1.82, 2.24) is 5.32 Å². The van der Waals surface area contributed by atoms with Crippen LogP contribution in [0, 0.1) is 0 Å². The lowest BCUT2D eigenvalue weighted by molar-refractivity contribution is 0.279. The molecule has 3 aromatic carbocycles. The van der Waals surface area contributed by atoms with Crippen LogP contribution in [0.2, 0.25) is 0 Å². The number of unbranched alkanes of at least 4 members (excludes halogenated alkanes) is 2. The van der Waals surface area contributed by atoms with Crippen LogP contribution in [0.15, 0.2) is 88.3 Å². The van der Waals surface area contributed by atoms with Gasteiger partial charge < -0.3 is 19.2 Å². The second kappa shape index (κ2) is 10.3. The number of hydrogen-bond acceptors (Lipinski definition) is 5. The van der Waals surface area contributed by atoms with E-state index in [9.17, 15) is 0 Å². The van der Waals surface area contributed by atoms with Gasteiger partial charge in [-0.3, -0.25) is 4.99 Å². The van der Waals surface area contributed by atoms with E-state index in [1.54, 1.807) is 0 Å². The van der Waals surface area contributed by atoms with Crippen LogP contribution in [0.5, 0.6) is 11.5 Å². The van der Waals surface area contributed by atoms with Gasteiger partial charge >= 0.3 is 0 Å². The number of aliphatic imine (C=N–C) groups is 1. The van der Waals surface area contributed by atoms with Crippen LogP contribution in [-0.2, 0) is 0 Å². The van der Waals surface area contributed by atoms with Crippen molar-refractivity contribution < 1.29 is 13.9 Å². The normalized spacial score (nSPS) is 13.0. The molecule has 0 unspecified atom stereocenters. The predicted molar refractivity (Wildman–Crippen MR) is 132 cm³/mol. The summed E-state index contributed by atoms with van der Waals surface area (Å²) >= 11 is 0. The number of fused-ring (bicyclic) bond motifs is 1. The lowest BCUT2D eigenvalue weighted by Gasteiger charge is -2.09. The molecular formula is C28H28N2O3. The smallest absolute Gasteiger partial charge is 0.135 e. The summed E-state index contributed by atoms with van der Waals surface area (Å²) in [6.45, 7) is 3.19. The van der Waals surface area contributed by atoms with Crippen LogP contribution in [0.3, 0.4) is 0 Å². The minimum absolute atomic E-state index is 0.702. The van der Waals surface area contributed by atoms with Crippen molar-refractivity contribution in [3.63, 3.8) is 0 Å². The monoisotopic (exact) mass is 440 g/mol. The Kier molecular flexibility index (Phi) is 6.57. The van der Waals surface area contributed by atoms with Crippen LogP contribution in [0.25, 0.3) is 22.3 Å². The number of nitrogens with zero attached hydrogens (tertiary/aromatic N) is 1. The summed E-state index contributed by atoms with van der Waals surface area (Å²) in [6, 6.07) is 26.3. The van der Waals surface area contributed by atoms with Gasteiger partial charge in [0.2, 0.25) is 0 Å². The van der Waals surface area contributed by atoms with Gasteiger partial charge in [0.1, 0.15) is 28.7 Å². The van der Waals surface area contributed by atoms with Crippen molar-refractivity contribution in [3.05, 3.63) is 84.4 Å². The number of hydrogen-bond donors (Lipinski definition) is 1. The molecule has 33 heavy (non-hydrogen) atoms. The van der Waals surface area contributed by atoms with Crippen molar-refractivity contribution in [1.29, 1.82) is 0 Å². The number of para-hydroxylation sites is 1. The number of rotatable bonds is 10. The number of amidine groups is 1. The zero-order valence-electron chi connectivity index (χ0n) is 18.6. The molecule has 0 amide bonds. The van der Waals surface area contributed by atoms with Crippen molar-refractivity contribution in [2.75, 3.05) is 26.3 Å². The fraction of sp³-hybridized carbons (Fsp3) is 0.250. The van der Waals surface area contributed by atoms with Crippen molar-refractivity contribution >= 4 is 16.8 Å². The maximum Gasteiger partial charge on any atom is 0.135 e. The summed E-state index contributed by atoms with van der Waals surface area (Å²) in [5.41, 5.74) is 3.07. The van der Waals surface area contributed by atoms with Gasteiger partial charge in [-0.15, -0.1) is 0 Å². The minimum Gasteiger partial charge on any atom is -0.494 e. The highest BCUT2D eigenvalue weighted by Gasteiger charge is 2.08. The van der Waals surface area contributed by atoms with Crippen LogP contribution >= 0.6 is 0 Å². The van der Waals surface area contributed by atoms with Gasteiger partial charge in [0.25, 0.3) is 0 Å². The van der Waals surface area contributed by atoms with Gasteiger partial charge in [0, 0.05) is 23.1 Å². The van der Waals surface area contributed by atoms with E-state index in [-0.39, 0.29) is 0 Å². The summed E-state index contributed by atoms with van der Waals surface area (Å²) in [4.78, 5) is 4.44. The highest BCUT2D eigenvalue weighted by molar-refractivity contribution is 5.99. The summed E-state index contributed by atoms with van der Waals surface area (Å²) in [5.74, 6) is 3.64. The molecule has 0 radical (unpaired) electrons. The summed E-state index contributed by atoms with van der Waals surface area (Å²) in [6.07, 6.45) is 3.07. The number of ether oxygens (including phenoxy) is 2. The van der Waals surface area contributed by atoms with E-state index in [1.165, 1.54) is 0 Å². The lowest BCUT2D eigenvalue weighted by Crippen LogP contribution is -2.19. The molecule has 0 saturated carbocycles. The Bertz CT molecular complexity index is 1180. The minimum atomic E-state index is 0.702. The molecule has 2 heterocycles. The van der Waals surface area contributed by atoms with Crippen molar-refractivity contribution in [2.24, 2.45) is 4.99 Å². The van der Waals surface area contributed by atoms with Gasteiger partial charge in [0.15, 0.2) is 0 Å². The number of nitrogens with one attached hydrogen (secondary N) is 1. The SMILES string of the molecule is c1ccc2oc(-c3ccc(OCCCCCOc4ccc(C5=NCCN5)cc4)cc3)cc2c1. The van der Waals surface area contributed by atoms with E-state index >= 15 is 0 Å². The quantitative estimate of drug-likeness (QED) is 0.304. The summed E-state index contributed by atoms with van der Waals surface area (Å²) < 4.78 is 17.7. The number of furan rings is 1. The third-order valence-electron chi connectivity index (χ3n) is 5.69. The standard InChI is InChI=1S/C28H28N2O3/c1(5-19-32-25-14-10-22(11-15-25)28-29-16-17-30-28)4-18-31-24-12-8-21(9-13-24)27-20-23-6-2-3-7-26(23)33-27/h2-3,6-15,20H,1,4-5,16-19H2,(H,29,30). The molecule has 1 N–H and O–H groups in total. The Balaban J connectivity index is 0.996. The second-order valence-corrected chi connectivity index (χ2v) is 8.11. The average Bonchev–Trinajstić information content (AvgIpc) is 3.55. The van der Waals surface area contributed by atoms with Crippen molar-refractivity contribution in [2.45, 2.75) is 19.3 Å². The highest BCUT2D eigenvalue weighted by Crippen LogP contribution is 2.29. The van der Waals surface area contributed by atoms with Crippen molar-refractivity contribution in [3.8, 4) is 22.8 Å².